The summed E-state index contributed by atoms with van der Waals surface area (Å²) in [6.07, 6.45) is -1.17. The topological polar surface area (TPSA) is 102 Å². The molecule has 0 saturated carbocycles. The van der Waals surface area contributed by atoms with Crippen molar-refractivity contribution in [3.8, 4) is 0 Å². The van der Waals surface area contributed by atoms with Crippen LogP contribution in [0.2, 0.25) is 0 Å². The van der Waals surface area contributed by atoms with Crippen LogP contribution in [0.3, 0.4) is 0 Å². The second-order valence-electron chi connectivity index (χ2n) is 5.91. The Labute approximate surface area is 147 Å². The summed E-state index contributed by atoms with van der Waals surface area (Å²) in [7, 11) is 0. The minimum atomic E-state index is -1.06. The van der Waals surface area contributed by atoms with E-state index in [4.69, 9.17) is 14.6 Å². The van der Waals surface area contributed by atoms with Gasteiger partial charge in [0, 0.05) is 0 Å². The summed E-state index contributed by atoms with van der Waals surface area (Å²) in [5.41, 5.74) is 0.829. The number of esters is 1. The molecule has 0 heterocycles. The zero-order valence-electron chi connectivity index (χ0n) is 14.7. The number of carboxylic acids is 1. The van der Waals surface area contributed by atoms with Gasteiger partial charge in [0.15, 0.2) is 0 Å². The lowest BCUT2D eigenvalue weighted by Crippen LogP contribution is -2.47. The van der Waals surface area contributed by atoms with Crippen molar-refractivity contribution in [2.45, 2.75) is 52.4 Å². The van der Waals surface area contributed by atoms with Gasteiger partial charge in [-0.15, -0.1) is 0 Å². The van der Waals surface area contributed by atoms with E-state index in [2.05, 4.69) is 5.32 Å². The highest BCUT2D eigenvalue weighted by molar-refractivity contribution is 5.82. The van der Waals surface area contributed by atoms with Crippen LogP contribution in [-0.4, -0.2) is 35.3 Å². The van der Waals surface area contributed by atoms with Crippen LogP contribution in [0.4, 0.5) is 4.79 Å². The van der Waals surface area contributed by atoms with Crippen molar-refractivity contribution < 1.29 is 29.0 Å². The molecule has 1 unspecified atom stereocenters. The van der Waals surface area contributed by atoms with E-state index in [1.165, 1.54) is 6.92 Å². The molecule has 0 aliphatic carbocycles. The summed E-state index contributed by atoms with van der Waals surface area (Å²) >= 11 is 0. The van der Waals surface area contributed by atoms with Gasteiger partial charge in [-0.2, -0.15) is 0 Å². The number of carboxylic acid groups (broad SMARTS) is 1. The lowest BCUT2D eigenvalue weighted by Gasteiger charge is -2.24. The summed E-state index contributed by atoms with van der Waals surface area (Å²) in [4.78, 5) is 34.9. The fraction of sp³-hybridized carbons (Fsp3) is 0.500. The molecule has 1 amide bonds. The lowest BCUT2D eigenvalue weighted by molar-refractivity contribution is -0.155. The van der Waals surface area contributed by atoms with Gasteiger partial charge in [0.25, 0.3) is 0 Å². The van der Waals surface area contributed by atoms with Crippen molar-refractivity contribution in [3.63, 3.8) is 0 Å². The van der Waals surface area contributed by atoms with E-state index in [9.17, 15) is 14.4 Å². The highest BCUT2D eigenvalue weighted by Gasteiger charge is 2.29. The lowest BCUT2D eigenvalue weighted by atomic mass is 9.99. The Hall–Kier alpha value is -2.57. The fourth-order valence-corrected chi connectivity index (χ4v) is 2.12. The van der Waals surface area contributed by atoms with Gasteiger partial charge in [-0.05, 0) is 18.4 Å². The number of hydrogen-bond acceptors (Lipinski definition) is 5. The van der Waals surface area contributed by atoms with Gasteiger partial charge in [-0.3, -0.25) is 4.79 Å². The number of hydrogen-bond donors (Lipinski definition) is 2. The summed E-state index contributed by atoms with van der Waals surface area (Å²) in [5.74, 6) is -1.91. The van der Waals surface area contributed by atoms with Crippen LogP contribution in [0, 0.1) is 5.92 Å². The summed E-state index contributed by atoms with van der Waals surface area (Å²) in [5, 5.41) is 11.2. The van der Waals surface area contributed by atoms with Crippen LogP contribution in [0.15, 0.2) is 30.3 Å². The van der Waals surface area contributed by atoms with E-state index in [-0.39, 0.29) is 18.9 Å². The van der Waals surface area contributed by atoms with E-state index >= 15 is 0 Å². The minimum Gasteiger partial charge on any atom is -0.481 e. The molecule has 0 fully saturated rings. The molecule has 7 nitrogen and oxygen atoms in total. The summed E-state index contributed by atoms with van der Waals surface area (Å²) in [6.45, 7) is 5.26. The Morgan fingerprint density at radius 3 is 2.36 bits per heavy atom. The van der Waals surface area contributed by atoms with Crippen LogP contribution >= 0.6 is 0 Å². The molecule has 0 aromatic heterocycles. The third-order valence-corrected chi connectivity index (χ3v) is 3.73. The molecule has 7 heteroatoms. The van der Waals surface area contributed by atoms with Gasteiger partial charge in [-0.25, -0.2) is 9.59 Å². The third-order valence-electron chi connectivity index (χ3n) is 3.73. The molecular formula is C18H25NO6. The van der Waals surface area contributed by atoms with Crippen molar-refractivity contribution in [2.24, 2.45) is 5.92 Å². The van der Waals surface area contributed by atoms with E-state index < -0.39 is 30.2 Å². The van der Waals surface area contributed by atoms with E-state index in [1.807, 2.05) is 37.3 Å². The highest BCUT2D eigenvalue weighted by atomic mass is 16.6. The summed E-state index contributed by atoms with van der Waals surface area (Å²) < 4.78 is 10.2. The van der Waals surface area contributed by atoms with E-state index in [0.29, 0.717) is 6.42 Å². The number of benzene rings is 1. The number of ether oxygens (including phenoxy) is 2. The Balaban J connectivity index is 2.60. The minimum absolute atomic E-state index is 0.0877. The predicted octanol–water partition coefficient (Wildman–Crippen LogP) is 2.73. The highest BCUT2D eigenvalue weighted by Crippen LogP contribution is 2.12. The predicted molar refractivity (Wildman–Crippen MR) is 90.8 cm³/mol. The standard InChI is InChI=1S/C18H25NO6/c1-4-12(2)16(17(22)25-13(3)10-15(20)21)19-18(23)24-11-14-8-6-5-7-9-14/h5-9,12-13,16H,4,10-11H2,1-3H3,(H,19,23)(H,20,21)/t12-,13?,16-/m0/s1. The molecule has 0 spiro atoms. The zero-order valence-corrected chi connectivity index (χ0v) is 14.7. The fourth-order valence-electron chi connectivity index (χ4n) is 2.12. The Kier molecular flexibility index (Phi) is 8.46. The maximum atomic E-state index is 12.3. The van der Waals surface area contributed by atoms with Crippen molar-refractivity contribution in [2.75, 3.05) is 0 Å². The second kappa shape index (κ2) is 10.3. The van der Waals surface area contributed by atoms with Crippen LogP contribution < -0.4 is 5.32 Å². The first-order chi connectivity index (χ1) is 11.8. The molecule has 0 radical (unpaired) electrons. The van der Waals surface area contributed by atoms with Crippen LogP contribution in [0.25, 0.3) is 0 Å². The average molecular weight is 351 g/mol. The first-order valence-corrected chi connectivity index (χ1v) is 8.23. The van der Waals surface area contributed by atoms with Crippen molar-refractivity contribution in [1.82, 2.24) is 5.32 Å². The van der Waals surface area contributed by atoms with Crippen LogP contribution in [-0.2, 0) is 25.7 Å². The zero-order chi connectivity index (χ0) is 18.8. The number of aliphatic carboxylic acids is 1. The Bertz CT molecular complexity index is 574. The first-order valence-electron chi connectivity index (χ1n) is 8.23. The quantitative estimate of drug-likeness (QED) is 0.663. The van der Waals surface area contributed by atoms with Gasteiger partial charge in [0.2, 0.25) is 0 Å². The molecular weight excluding hydrogens is 326 g/mol. The van der Waals surface area contributed by atoms with Gasteiger partial charge in [0.1, 0.15) is 18.8 Å². The Morgan fingerprint density at radius 2 is 1.80 bits per heavy atom. The molecule has 1 rings (SSSR count). The summed E-state index contributed by atoms with van der Waals surface area (Å²) in [6, 6.07) is 8.27. The molecule has 3 atom stereocenters. The number of carbonyl (C=O) groups is 3. The molecule has 0 aliphatic heterocycles. The maximum absolute atomic E-state index is 12.3. The SMILES string of the molecule is CC[C@H](C)[C@H](NC(=O)OCc1ccccc1)C(=O)OC(C)CC(=O)O. The number of rotatable bonds is 9. The van der Waals surface area contributed by atoms with Crippen molar-refractivity contribution in [3.05, 3.63) is 35.9 Å². The average Bonchev–Trinajstić information content (AvgIpc) is 2.57. The molecule has 1 aromatic rings. The van der Waals surface area contributed by atoms with Gasteiger partial charge in [0.05, 0.1) is 6.42 Å². The second-order valence-corrected chi connectivity index (χ2v) is 5.91. The smallest absolute Gasteiger partial charge is 0.408 e. The van der Waals surface area contributed by atoms with Crippen molar-refractivity contribution in [1.29, 1.82) is 0 Å². The van der Waals surface area contributed by atoms with Crippen LogP contribution in [0.5, 0.6) is 0 Å². The normalized spacial score (nSPS) is 14.0. The van der Waals surface area contributed by atoms with E-state index in [1.54, 1.807) is 6.92 Å². The van der Waals surface area contributed by atoms with Crippen molar-refractivity contribution >= 4 is 18.0 Å². The molecule has 2 N–H and O–H groups in total. The molecule has 25 heavy (non-hydrogen) atoms. The number of carbonyl (C=O) groups excluding carboxylic acids is 2. The monoisotopic (exact) mass is 351 g/mol. The van der Waals surface area contributed by atoms with Gasteiger partial charge in [-0.1, -0.05) is 50.6 Å². The molecule has 0 saturated heterocycles. The number of amides is 1. The maximum Gasteiger partial charge on any atom is 0.408 e. The number of nitrogens with one attached hydrogen (secondary N) is 1. The first kappa shape index (κ1) is 20.5. The van der Waals surface area contributed by atoms with E-state index in [0.717, 1.165) is 5.56 Å². The number of alkyl carbamates (subject to hydrolysis) is 1. The molecule has 138 valence electrons. The third kappa shape index (κ3) is 7.69. The van der Waals surface area contributed by atoms with Crippen LogP contribution in [0.1, 0.15) is 39.2 Å². The molecule has 1 aromatic carbocycles. The van der Waals surface area contributed by atoms with Gasteiger partial charge < -0.3 is 19.9 Å². The molecule has 0 aliphatic rings. The molecule has 0 bridgehead atoms. The largest absolute Gasteiger partial charge is 0.481 e. The Morgan fingerprint density at radius 1 is 1.16 bits per heavy atom. The van der Waals surface area contributed by atoms with Gasteiger partial charge >= 0.3 is 18.0 Å².